The van der Waals surface area contributed by atoms with E-state index >= 15 is 0 Å². The summed E-state index contributed by atoms with van der Waals surface area (Å²) in [7, 11) is 1.62. The van der Waals surface area contributed by atoms with Gasteiger partial charge in [-0.05, 0) is 43.5 Å². The molecule has 0 unspecified atom stereocenters. The molecule has 1 saturated heterocycles. The van der Waals surface area contributed by atoms with Crippen molar-refractivity contribution in [2.24, 2.45) is 5.73 Å². The normalized spacial score (nSPS) is 15.2. The van der Waals surface area contributed by atoms with Gasteiger partial charge in [0.1, 0.15) is 5.75 Å². The van der Waals surface area contributed by atoms with Gasteiger partial charge in [0.05, 0.1) is 12.8 Å². The van der Waals surface area contributed by atoms with E-state index in [0.717, 1.165) is 35.5 Å². The molecule has 1 fully saturated rings. The van der Waals surface area contributed by atoms with Crippen molar-refractivity contribution < 1.29 is 9.53 Å². The fourth-order valence-electron chi connectivity index (χ4n) is 2.54. The first-order chi connectivity index (χ1) is 9.10. The lowest BCUT2D eigenvalue weighted by atomic mass is 10.0. The lowest BCUT2D eigenvalue weighted by molar-refractivity contribution is -0.117. The van der Waals surface area contributed by atoms with Gasteiger partial charge in [-0.25, -0.2) is 0 Å². The highest BCUT2D eigenvalue weighted by Gasteiger charge is 2.28. The molecular formula is C14H19ClN2O2. The van der Waals surface area contributed by atoms with Crippen LogP contribution < -0.4 is 15.4 Å². The number of methoxy groups -OCH3 is 1. The van der Waals surface area contributed by atoms with Gasteiger partial charge in [0.2, 0.25) is 5.91 Å². The summed E-state index contributed by atoms with van der Waals surface area (Å²) in [4.78, 5) is 13.8. The standard InChI is InChI=1S/C14H19ClN2O2/c1-9-11(15)8-10(5-6-16)14(19-2)13(9)17-7-3-4-12(17)18/h8H,3-7,16H2,1-2H3. The topological polar surface area (TPSA) is 55.6 Å². The van der Waals surface area contributed by atoms with Crippen molar-refractivity contribution in [1.29, 1.82) is 0 Å². The molecule has 0 saturated carbocycles. The van der Waals surface area contributed by atoms with Gasteiger partial charge in [0.25, 0.3) is 0 Å². The van der Waals surface area contributed by atoms with Gasteiger partial charge in [-0.3, -0.25) is 4.79 Å². The molecule has 0 aromatic heterocycles. The third-order valence-corrected chi connectivity index (χ3v) is 3.87. The first-order valence-electron chi connectivity index (χ1n) is 6.46. The fraction of sp³-hybridized carbons (Fsp3) is 0.500. The number of benzene rings is 1. The maximum Gasteiger partial charge on any atom is 0.227 e. The summed E-state index contributed by atoms with van der Waals surface area (Å²) >= 11 is 6.28. The Morgan fingerprint density at radius 3 is 2.79 bits per heavy atom. The number of rotatable bonds is 4. The molecule has 104 valence electrons. The van der Waals surface area contributed by atoms with Crippen LogP contribution in [-0.4, -0.2) is 26.1 Å². The molecule has 5 heteroatoms. The summed E-state index contributed by atoms with van der Waals surface area (Å²) in [6, 6.07) is 1.88. The Hall–Kier alpha value is -1.26. The summed E-state index contributed by atoms with van der Waals surface area (Å²) in [5.41, 5.74) is 8.27. The summed E-state index contributed by atoms with van der Waals surface area (Å²) in [6.45, 7) is 3.15. The van der Waals surface area contributed by atoms with Crippen molar-refractivity contribution in [1.82, 2.24) is 0 Å². The van der Waals surface area contributed by atoms with E-state index in [1.807, 2.05) is 13.0 Å². The van der Waals surface area contributed by atoms with Gasteiger partial charge >= 0.3 is 0 Å². The van der Waals surface area contributed by atoms with E-state index in [1.54, 1.807) is 12.0 Å². The van der Waals surface area contributed by atoms with Gasteiger partial charge in [0, 0.05) is 18.0 Å². The number of hydrogen-bond acceptors (Lipinski definition) is 3. The zero-order valence-electron chi connectivity index (χ0n) is 11.3. The predicted molar refractivity (Wildman–Crippen MR) is 77.1 cm³/mol. The van der Waals surface area contributed by atoms with E-state index in [0.29, 0.717) is 24.4 Å². The highest BCUT2D eigenvalue weighted by atomic mass is 35.5. The van der Waals surface area contributed by atoms with Crippen molar-refractivity contribution in [2.75, 3.05) is 25.1 Å². The highest BCUT2D eigenvalue weighted by molar-refractivity contribution is 6.32. The molecule has 0 aliphatic carbocycles. The van der Waals surface area contributed by atoms with Crippen LogP contribution in [0.3, 0.4) is 0 Å². The SMILES string of the molecule is COc1c(CCN)cc(Cl)c(C)c1N1CCCC1=O. The van der Waals surface area contributed by atoms with Crippen LogP contribution in [0.5, 0.6) is 5.75 Å². The molecule has 1 heterocycles. The Bertz CT molecular complexity index is 503. The second-order valence-electron chi connectivity index (χ2n) is 4.71. The molecule has 1 aromatic rings. The van der Waals surface area contributed by atoms with Crippen LogP contribution >= 0.6 is 11.6 Å². The molecule has 0 atom stereocenters. The first kappa shape index (κ1) is 14.2. The van der Waals surface area contributed by atoms with Crippen molar-refractivity contribution in [3.63, 3.8) is 0 Å². The molecule has 0 radical (unpaired) electrons. The molecule has 0 bridgehead atoms. The lowest BCUT2D eigenvalue weighted by Crippen LogP contribution is -2.25. The Labute approximate surface area is 118 Å². The molecular weight excluding hydrogens is 264 g/mol. The molecule has 1 aliphatic rings. The molecule has 1 aromatic carbocycles. The van der Waals surface area contributed by atoms with Gasteiger partial charge in [-0.1, -0.05) is 11.6 Å². The first-order valence-corrected chi connectivity index (χ1v) is 6.84. The van der Waals surface area contributed by atoms with Gasteiger partial charge in [-0.15, -0.1) is 0 Å². The second-order valence-corrected chi connectivity index (χ2v) is 5.12. The molecule has 19 heavy (non-hydrogen) atoms. The third-order valence-electron chi connectivity index (χ3n) is 3.48. The number of hydrogen-bond donors (Lipinski definition) is 1. The molecule has 2 N–H and O–H groups in total. The Kier molecular flexibility index (Phi) is 4.32. The number of halogens is 1. The van der Waals surface area contributed by atoms with Crippen molar-refractivity contribution in [3.8, 4) is 5.75 Å². The molecule has 1 amide bonds. The van der Waals surface area contributed by atoms with E-state index in [9.17, 15) is 4.79 Å². The van der Waals surface area contributed by atoms with E-state index in [2.05, 4.69) is 0 Å². The van der Waals surface area contributed by atoms with Crippen molar-refractivity contribution in [2.45, 2.75) is 26.2 Å². The van der Waals surface area contributed by atoms with Crippen molar-refractivity contribution in [3.05, 3.63) is 22.2 Å². The zero-order chi connectivity index (χ0) is 14.0. The second kappa shape index (κ2) is 5.80. The van der Waals surface area contributed by atoms with E-state index in [-0.39, 0.29) is 5.91 Å². The van der Waals surface area contributed by atoms with Crippen LogP contribution in [0.2, 0.25) is 5.02 Å². The minimum atomic E-state index is 0.127. The number of carbonyl (C=O) groups is 1. The maximum absolute atomic E-state index is 12.0. The Morgan fingerprint density at radius 2 is 2.26 bits per heavy atom. The summed E-state index contributed by atoms with van der Waals surface area (Å²) in [5.74, 6) is 0.852. The lowest BCUT2D eigenvalue weighted by Gasteiger charge is -2.24. The number of nitrogens with two attached hydrogens (primary N) is 1. The zero-order valence-corrected chi connectivity index (χ0v) is 12.1. The fourth-order valence-corrected chi connectivity index (χ4v) is 2.76. The molecule has 4 nitrogen and oxygen atoms in total. The average Bonchev–Trinajstić information content (AvgIpc) is 2.79. The van der Waals surface area contributed by atoms with Gasteiger partial charge < -0.3 is 15.4 Å². The van der Waals surface area contributed by atoms with Crippen LogP contribution in [0.1, 0.15) is 24.0 Å². The summed E-state index contributed by atoms with van der Waals surface area (Å²) in [5, 5.41) is 0.652. The van der Waals surface area contributed by atoms with E-state index in [1.165, 1.54) is 0 Å². The smallest absolute Gasteiger partial charge is 0.227 e. The van der Waals surface area contributed by atoms with Crippen LogP contribution in [0, 0.1) is 6.92 Å². The predicted octanol–water partition coefficient (Wildman–Crippen LogP) is 2.29. The molecule has 2 rings (SSSR count). The monoisotopic (exact) mass is 282 g/mol. The summed E-state index contributed by atoms with van der Waals surface area (Å²) in [6.07, 6.45) is 2.14. The van der Waals surface area contributed by atoms with Gasteiger partial charge in [0.15, 0.2) is 0 Å². The quantitative estimate of drug-likeness (QED) is 0.922. The minimum Gasteiger partial charge on any atom is -0.494 e. The van der Waals surface area contributed by atoms with Crippen LogP contribution in [0.25, 0.3) is 0 Å². The number of amides is 1. The third kappa shape index (κ3) is 2.55. The number of nitrogens with zero attached hydrogens (tertiary/aromatic N) is 1. The van der Waals surface area contributed by atoms with Crippen LogP contribution in [0.15, 0.2) is 6.07 Å². The van der Waals surface area contributed by atoms with E-state index in [4.69, 9.17) is 22.1 Å². The van der Waals surface area contributed by atoms with Crippen molar-refractivity contribution >= 4 is 23.2 Å². The number of anilines is 1. The van der Waals surface area contributed by atoms with E-state index < -0.39 is 0 Å². The molecule has 0 spiro atoms. The van der Waals surface area contributed by atoms with Crippen LogP contribution in [0.4, 0.5) is 5.69 Å². The van der Waals surface area contributed by atoms with Crippen LogP contribution in [-0.2, 0) is 11.2 Å². The maximum atomic E-state index is 12.0. The average molecular weight is 283 g/mol. The number of ether oxygens (including phenoxy) is 1. The Balaban J connectivity index is 2.58. The highest BCUT2D eigenvalue weighted by Crippen LogP contribution is 2.41. The minimum absolute atomic E-state index is 0.127. The Morgan fingerprint density at radius 1 is 1.53 bits per heavy atom. The van der Waals surface area contributed by atoms with Gasteiger partial charge in [-0.2, -0.15) is 0 Å². The molecule has 1 aliphatic heterocycles. The largest absolute Gasteiger partial charge is 0.494 e. The number of carbonyl (C=O) groups excluding carboxylic acids is 1. The summed E-state index contributed by atoms with van der Waals surface area (Å²) < 4.78 is 5.52.